The van der Waals surface area contributed by atoms with Gasteiger partial charge in [0.05, 0.1) is 6.61 Å². The molecule has 7 heteroatoms. The van der Waals surface area contributed by atoms with E-state index in [1.165, 1.54) is 12.8 Å². The number of rotatable bonds is 7. The minimum atomic E-state index is -1.12. The second-order valence-corrected chi connectivity index (χ2v) is 7.66. The highest BCUT2D eigenvalue weighted by Crippen LogP contribution is 2.29. The van der Waals surface area contributed by atoms with E-state index in [4.69, 9.17) is 9.47 Å². The van der Waals surface area contributed by atoms with E-state index >= 15 is 0 Å². The highest BCUT2D eigenvalue weighted by atomic mass is 16.6. The normalized spacial score (nSPS) is 15.3. The molecular formula is C20H30N2O5. The molecule has 1 aliphatic heterocycles. The van der Waals surface area contributed by atoms with Gasteiger partial charge < -0.3 is 24.8 Å². The zero-order valence-electron chi connectivity index (χ0n) is 16.6. The smallest absolute Gasteiger partial charge is 0.408 e. The number of hydrogen-bond acceptors (Lipinski definition) is 5. The first-order valence-corrected chi connectivity index (χ1v) is 9.42. The zero-order chi connectivity index (χ0) is 20.0. The average Bonchev–Trinajstić information content (AvgIpc) is 3.08. The fourth-order valence-electron chi connectivity index (χ4n) is 3.04. The first kappa shape index (κ1) is 20.9. The van der Waals surface area contributed by atoms with Gasteiger partial charge in [0.25, 0.3) is 0 Å². The van der Waals surface area contributed by atoms with Crippen LogP contribution in [0.4, 0.5) is 10.5 Å². The number of hydrogen-bond donors (Lipinski definition) is 2. The van der Waals surface area contributed by atoms with Crippen LogP contribution in [-0.4, -0.2) is 48.5 Å². The topological polar surface area (TPSA) is 88.1 Å². The van der Waals surface area contributed by atoms with E-state index in [0.29, 0.717) is 12.4 Å². The number of carbonyl (C=O) groups is 2. The maximum Gasteiger partial charge on any atom is 0.408 e. The van der Waals surface area contributed by atoms with Crippen LogP contribution in [0.1, 0.15) is 46.1 Å². The standard InChI is InChI=1S/C20H30N2O5/c1-5-26-17-13-15(22-10-6-7-11-22)9-8-14(17)12-16(18(23)24)21-19(25)27-20(2,3)4/h8-9,13,16H,5-7,10-12H2,1-4H3,(H,21,25)(H,23,24). The molecule has 0 radical (unpaired) electrons. The van der Waals surface area contributed by atoms with Crippen molar-refractivity contribution >= 4 is 17.7 Å². The predicted molar refractivity (Wildman–Crippen MR) is 104 cm³/mol. The van der Waals surface area contributed by atoms with Gasteiger partial charge >= 0.3 is 12.1 Å². The molecule has 0 aromatic heterocycles. The highest BCUT2D eigenvalue weighted by Gasteiger charge is 2.25. The monoisotopic (exact) mass is 378 g/mol. The van der Waals surface area contributed by atoms with Crippen molar-refractivity contribution in [1.29, 1.82) is 0 Å². The Morgan fingerprint density at radius 2 is 1.93 bits per heavy atom. The fourth-order valence-corrected chi connectivity index (χ4v) is 3.04. The second kappa shape index (κ2) is 8.97. The summed E-state index contributed by atoms with van der Waals surface area (Å²) in [6.45, 7) is 9.59. The Morgan fingerprint density at radius 3 is 2.48 bits per heavy atom. The number of amides is 1. The van der Waals surface area contributed by atoms with E-state index in [0.717, 1.165) is 24.3 Å². The summed E-state index contributed by atoms with van der Waals surface area (Å²) < 4.78 is 10.9. The van der Waals surface area contributed by atoms with Crippen molar-refractivity contribution in [3.8, 4) is 5.75 Å². The lowest BCUT2D eigenvalue weighted by Gasteiger charge is -2.23. The van der Waals surface area contributed by atoms with Crippen molar-refractivity contribution in [2.75, 3.05) is 24.6 Å². The fraction of sp³-hybridized carbons (Fsp3) is 0.600. The van der Waals surface area contributed by atoms with Crippen LogP contribution in [0.25, 0.3) is 0 Å². The molecule has 1 saturated heterocycles. The Bertz CT molecular complexity index is 663. The summed E-state index contributed by atoms with van der Waals surface area (Å²) in [5.74, 6) is -0.467. The Kier molecular flexibility index (Phi) is 6.93. The quantitative estimate of drug-likeness (QED) is 0.757. The number of aliphatic carboxylic acids is 1. The van der Waals surface area contributed by atoms with Crippen molar-refractivity contribution in [1.82, 2.24) is 5.32 Å². The van der Waals surface area contributed by atoms with Gasteiger partial charge in [-0.2, -0.15) is 0 Å². The first-order chi connectivity index (χ1) is 12.7. The lowest BCUT2D eigenvalue weighted by atomic mass is 10.0. The van der Waals surface area contributed by atoms with Crippen LogP contribution in [0.5, 0.6) is 5.75 Å². The molecule has 27 heavy (non-hydrogen) atoms. The van der Waals surface area contributed by atoms with Gasteiger partial charge in [0.2, 0.25) is 0 Å². The van der Waals surface area contributed by atoms with Crippen LogP contribution >= 0.6 is 0 Å². The number of carboxylic acids is 1. The van der Waals surface area contributed by atoms with Crippen LogP contribution in [0.2, 0.25) is 0 Å². The maximum absolute atomic E-state index is 12.0. The summed E-state index contributed by atoms with van der Waals surface area (Å²) in [5.41, 5.74) is 1.12. The number of ether oxygens (including phenoxy) is 2. The van der Waals surface area contributed by atoms with Crippen molar-refractivity contribution in [3.05, 3.63) is 23.8 Å². The minimum Gasteiger partial charge on any atom is -0.494 e. The largest absolute Gasteiger partial charge is 0.494 e. The van der Waals surface area contributed by atoms with E-state index < -0.39 is 23.7 Å². The van der Waals surface area contributed by atoms with Crippen molar-refractivity contribution in [3.63, 3.8) is 0 Å². The van der Waals surface area contributed by atoms with Gasteiger partial charge in [0.1, 0.15) is 17.4 Å². The van der Waals surface area contributed by atoms with Crippen LogP contribution in [0.3, 0.4) is 0 Å². The average molecular weight is 378 g/mol. The van der Waals surface area contributed by atoms with Gasteiger partial charge in [-0.1, -0.05) is 6.07 Å². The molecule has 7 nitrogen and oxygen atoms in total. The van der Waals surface area contributed by atoms with Crippen molar-refractivity contribution in [2.24, 2.45) is 0 Å². The molecule has 0 aliphatic carbocycles. The van der Waals surface area contributed by atoms with E-state index in [-0.39, 0.29) is 6.42 Å². The molecule has 150 valence electrons. The number of alkyl carbamates (subject to hydrolysis) is 1. The zero-order valence-corrected chi connectivity index (χ0v) is 16.6. The molecule has 1 aromatic carbocycles. The van der Waals surface area contributed by atoms with Gasteiger partial charge in [0.15, 0.2) is 0 Å². The first-order valence-electron chi connectivity index (χ1n) is 9.42. The van der Waals surface area contributed by atoms with Crippen LogP contribution < -0.4 is 15.0 Å². The molecule has 1 fully saturated rings. The minimum absolute atomic E-state index is 0.115. The maximum atomic E-state index is 12.0. The van der Waals surface area contributed by atoms with Gasteiger partial charge in [-0.15, -0.1) is 0 Å². The third-order valence-corrected chi connectivity index (χ3v) is 4.23. The molecule has 0 spiro atoms. The lowest BCUT2D eigenvalue weighted by Crippen LogP contribution is -2.44. The van der Waals surface area contributed by atoms with Gasteiger partial charge in [-0.05, 0) is 52.2 Å². The summed E-state index contributed by atoms with van der Waals surface area (Å²) in [7, 11) is 0. The van der Waals surface area contributed by atoms with Gasteiger partial charge in [-0.25, -0.2) is 9.59 Å². The molecule has 0 saturated carbocycles. The van der Waals surface area contributed by atoms with Gasteiger partial charge in [-0.3, -0.25) is 0 Å². The molecule has 2 rings (SSSR count). The number of nitrogens with one attached hydrogen (secondary N) is 1. The lowest BCUT2D eigenvalue weighted by molar-refractivity contribution is -0.139. The van der Waals surface area contributed by atoms with E-state index in [1.54, 1.807) is 20.8 Å². The Morgan fingerprint density at radius 1 is 1.26 bits per heavy atom. The van der Waals surface area contributed by atoms with E-state index in [1.807, 2.05) is 25.1 Å². The van der Waals surface area contributed by atoms with Crippen LogP contribution in [0, 0.1) is 0 Å². The second-order valence-electron chi connectivity index (χ2n) is 7.66. The van der Waals surface area contributed by atoms with Crippen LogP contribution in [-0.2, 0) is 16.0 Å². The number of carboxylic acid groups (broad SMARTS) is 1. The summed E-state index contributed by atoms with van der Waals surface area (Å²) in [5, 5.41) is 11.9. The molecule has 1 atom stereocenters. The number of anilines is 1. The molecule has 1 unspecified atom stereocenters. The SMILES string of the molecule is CCOc1cc(N2CCCC2)ccc1CC(NC(=O)OC(C)(C)C)C(=O)O. The van der Waals surface area contributed by atoms with Crippen molar-refractivity contribution in [2.45, 2.75) is 58.6 Å². The van der Waals surface area contributed by atoms with E-state index in [9.17, 15) is 14.7 Å². The molecule has 1 aliphatic rings. The van der Waals surface area contributed by atoms with Crippen molar-refractivity contribution < 1.29 is 24.2 Å². The Labute approximate surface area is 160 Å². The molecule has 0 bridgehead atoms. The summed E-state index contributed by atoms with van der Waals surface area (Å²) in [6.07, 6.45) is 1.71. The van der Waals surface area contributed by atoms with E-state index in [2.05, 4.69) is 10.2 Å². The summed E-state index contributed by atoms with van der Waals surface area (Å²) in [6, 6.07) is 4.72. The predicted octanol–water partition coefficient (Wildman–Crippen LogP) is 3.21. The highest BCUT2D eigenvalue weighted by molar-refractivity contribution is 5.80. The summed E-state index contributed by atoms with van der Waals surface area (Å²) in [4.78, 5) is 25.9. The van der Waals surface area contributed by atoms with Crippen LogP contribution in [0.15, 0.2) is 18.2 Å². The third kappa shape index (κ3) is 6.34. The molecular weight excluding hydrogens is 348 g/mol. The number of nitrogens with zero attached hydrogens (tertiary/aromatic N) is 1. The number of benzene rings is 1. The Balaban J connectivity index is 2.15. The molecule has 1 amide bonds. The number of carbonyl (C=O) groups excluding carboxylic acids is 1. The Hall–Kier alpha value is -2.44. The third-order valence-electron chi connectivity index (χ3n) is 4.23. The molecule has 1 aromatic rings. The molecule has 2 N–H and O–H groups in total. The van der Waals surface area contributed by atoms with Gasteiger partial charge in [0, 0.05) is 31.3 Å². The summed E-state index contributed by atoms with van der Waals surface area (Å²) >= 11 is 0. The molecule has 1 heterocycles.